The van der Waals surface area contributed by atoms with Gasteiger partial charge in [-0.2, -0.15) is 0 Å². The van der Waals surface area contributed by atoms with Crippen LogP contribution >= 0.6 is 12.2 Å². The van der Waals surface area contributed by atoms with Crippen LogP contribution in [0.4, 0.5) is 0 Å². The summed E-state index contributed by atoms with van der Waals surface area (Å²) in [5.41, 5.74) is 0.986. The first-order valence-corrected chi connectivity index (χ1v) is 4.54. The van der Waals surface area contributed by atoms with Gasteiger partial charge in [0.05, 0.1) is 11.7 Å². The number of hydrogen-bond donors (Lipinski definition) is 2. The predicted molar refractivity (Wildman–Crippen MR) is 57.4 cm³/mol. The third kappa shape index (κ3) is 2.99. The Balaban J connectivity index is 2.59. The van der Waals surface area contributed by atoms with E-state index in [9.17, 15) is 0 Å². The normalized spacial score (nSPS) is 11.8. The van der Waals surface area contributed by atoms with Gasteiger partial charge in [0.15, 0.2) is 5.11 Å². The summed E-state index contributed by atoms with van der Waals surface area (Å²) in [5, 5.41) is 6.60. The Morgan fingerprint density at radius 3 is 2.85 bits per heavy atom. The van der Waals surface area contributed by atoms with Crippen molar-refractivity contribution in [1.29, 1.82) is 0 Å². The highest BCUT2D eigenvalue weighted by atomic mass is 32.1. The number of pyridine rings is 1. The van der Waals surface area contributed by atoms with Crippen LogP contribution in [0.3, 0.4) is 0 Å². The Labute approximate surface area is 83.6 Å². The Morgan fingerprint density at radius 2 is 2.31 bits per heavy atom. The van der Waals surface area contributed by atoms with Gasteiger partial charge < -0.3 is 10.6 Å². The lowest BCUT2D eigenvalue weighted by molar-refractivity contribution is 0.685. The average Bonchev–Trinajstić information content (AvgIpc) is 2.19. The number of thiocarbonyl (C=S) groups is 1. The fourth-order valence-electron chi connectivity index (χ4n) is 0.975. The highest BCUT2D eigenvalue weighted by molar-refractivity contribution is 7.80. The molecule has 3 nitrogen and oxygen atoms in total. The highest BCUT2D eigenvalue weighted by Gasteiger charge is 2.05. The minimum Gasteiger partial charge on any atom is -0.366 e. The molecule has 13 heavy (non-hydrogen) atoms. The summed E-state index contributed by atoms with van der Waals surface area (Å²) in [4.78, 5) is 4.22. The van der Waals surface area contributed by atoms with Crippen LogP contribution < -0.4 is 10.6 Å². The molecule has 70 valence electrons. The van der Waals surface area contributed by atoms with Gasteiger partial charge in [0.1, 0.15) is 0 Å². The van der Waals surface area contributed by atoms with Crippen LogP contribution in [-0.2, 0) is 0 Å². The van der Waals surface area contributed by atoms with E-state index in [1.54, 1.807) is 13.2 Å². The zero-order valence-electron chi connectivity index (χ0n) is 7.74. The first kappa shape index (κ1) is 9.92. The van der Waals surface area contributed by atoms with Gasteiger partial charge in [-0.3, -0.25) is 4.98 Å². The molecule has 2 N–H and O–H groups in total. The SMILES string of the molecule is CNC(=S)NC(C)c1ccccn1. The molecule has 4 heteroatoms. The van der Waals surface area contributed by atoms with Crippen LogP contribution in [0.25, 0.3) is 0 Å². The third-order valence-electron chi connectivity index (χ3n) is 1.71. The van der Waals surface area contributed by atoms with E-state index < -0.39 is 0 Å². The Bertz CT molecular complexity index is 273. The standard InChI is InChI=1S/C9H13N3S/c1-7(12-9(13)10-2)8-5-3-4-6-11-8/h3-7H,1-2H3,(H2,10,12,13). The van der Waals surface area contributed by atoms with Crippen LogP contribution in [0, 0.1) is 0 Å². The van der Waals surface area contributed by atoms with E-state index in [1.807, 2.05) is 25.1 Å². The Kier molecular flexibility index (Phi) is 3.64. The van der Waals surface area contributed by atoms with Crippen LogP contribution in [0.1, 0.15) is 18.7 Å². The van der Waals surface area contributed by atoms with Gasteiger partial charge in [0, 0.05) is 13.2 Å². The summed E-state index contributed by atoms with van der Waals surface area (Å²) in [6, 6.07) is 5.96. The van der Waals surface area contributed by atoms with Gasteiger partial charge in [-0.15, -0.1) is 0 Å². The average molecular weight is 195 g/mol. The van der Waals surface area contributed by atoms with E-state index in [1.165, 1.54) is 0 Å². The molecule has 1 atom stereocenters. The molecular formula is C9H13N3S. The van der Waals surface area contributed by atoms with Crippen molar-refractivity contribution in [1.82, 2.24) is 15.6 Å². The van der Waals surface area contributed by atoms with Crippen molar-refractivity contribution in [2.24, 2.45) is 0 Å². The predicted octanol–water partition coefficient (Wildman–Crippen LogP) is 1.24. The van der Waals surface area contributed by atoms with Gasteiger partial charge >= 0.3 is 0 Å². The van der Waals surface area contributed by atoms with E-state index in [-0.39, 0.29) is 6.04 Å². The fraction of sp³-hybridized carbons (Fsp3) is 0.333. The van der Waals surface area contributed by atoms with Crippen LogP contribution in [0.15, 0.2) is 24.4 Å². The number of nitrogens with zero attached hydrogens (tertiary/aromatic N) is 1. The summed E-state index contributed by atoms with van der Waals surface area (Å²) in [5.74, 6) is 0. The van der Waals surface area contributed by atoms with E-state index in [0.29, 0.717) is 5.11 Å². The van der Waals surface area contributed by atoms with Crippen LogP contribution in [0.2, 0.25) is 0 Å². The van der Waals surface area contributed by atoms with Crippen molar-refractivity contribution < 1.29 is 0 Å². The molecule has 0 fully saturated rings. The summed E-state index contributed by atoms with van der Waals surface area (Å²) < 4.78 is 0. The molecule has 0 amide bonds. The summed E-state index contributed by atoms with van der Waals surface area (Å²) in [6.45, 7) is 2.02. The maximum absolute atomic E-state index is 4.98. The highest BCUT2D eigenvalue weighted by Crippen LogP contribution is 2.06. The molecule has 1 aromatic rings. The van der Waals surface area contributed by atoms with Gasteiger partial charge in [0.2, 0.25) is 0 Å². The lowest BCUT2D eigenvalue weighted by Crippen LogP contribution is -2.34. The maximum atomic E-state index is 4.98. The van der Waals surface area contributed by atoms with E-state index in [0.717, 1.165) is 5.69 Å². The van der Waals surface area contributed by atoms with Gasteiger partial charge in [-0.1, -0.05) is 6.07 Å². The number of aromatic nitrogens is 1. The fourth-order valence-corrected chi connectivity index (χ4v) is 1.15. The summed E-state index contributed by atoms with van der Waals surface area (Å²) in [7, 11) is 1.79. The second-order valence-electron chi connectivity index (χ2n) is 2.70. The molecule has 0 aromatic carbocycles. The molecule has 1 heterocycles. The molecule has 0 saturated heterocycles. The monoisotopic (exact) mass is 195 g/mol. The minimum atomic E-state index is 0.140. The number of hydrogen-bond acceptors (Lipinski definition) is 2. The van der Waals surface area contributed by atoms with Crippen molar-refractivity contribution >= 4 is 17.3 Å². The Hall–Kier alpha value is -1.16. The number of rotatable bonds is 2. The van der Waals surface area contributed by atoms with E-state index in [2.05, 4.69) is 15.6 Å². The summed E-state index contributed by atoms with van der Waals surface area (Å²) >= 11 is 4.98. The smallest absolute Gasteiger partial charge is 0.166 e. The molecule has 0 saturated carbocycles. The van der Waals surface area contributed by atoms with Gasteiger partial charge in [-0.25, -0.2) is 0 Å². The lowest BCUT2D eigenvalue weighted by Gasteiger charge is -2.14. The molecule has 0 aliphatic heterocycles. The topological polar surface area (TPSA) is 37.0 Å². The lowest BCUT2D eigenvalue weighted by atomic mass is 10.2. The van der Waals surface area contributed by atoms with Crippen molar-refractivity contribution in [3.63, 3.8) is 0 Å². The van der Waals surface area contributed by atoms with E-state index in [4.69, 9.17) is 12.2 Å². The maximum Gasteiger partial charge on any atom is 0.166 e. The molecular weight excluding hydrogens is 182 g/mol. The summed E-state index contributed by atoms with van der Waals surface area (Å²) in [6.07, 6.45) is 1.77. The quantitative estimate of drug-likeness (QED) is 0.696. The second-order valence-corrected chi connectivity index (χ2v) is 3.11. The third-order valence-corrected chi connectivity index (χ3v) is 2.03. The molecule has 0 radical (unpaired) electrons. The van der Waals surface area contributed by atoms with Crippen molar-refractivity contribution in [3.8, 4) is 0 Å². The van der Waals surface area contributed by atoms with Gasteiger partial charge in [0.25, 0.3) is 0 Å². The zero-order chi connectivity index (χ0) is 9.68. The first-order chi connectivity index (χ1) is 6.24. The Morgan fingerprint density at radius 1 is 1.54 bits per heavy atom. The van der Waals surface area contributed by atoms with E-state index >= 15 is 0 Å². The van der Waals surface area contributed by atoms with Crippen molar-refractivity contribution in [2.45, 2.75) is 13.0 Å². The molecule has 0 aliphatic rings. The molecule has 0 bridgehead atoms. The van der Waals surface area contributed by atoms with Crippen molar-refractivity contribution in [3.05, 3.63) is 30.1 Å². The van der Waals surface area contributed by atoms with Crippen LogP contribution in [-0.4, -0.2) is 17.1 Å². The molecule has 0 aliphatic carbocycles. The molecule has 0 spiro atoms. The first-order valence-electron chi connectivity index (χ1n) is 4.13. The second kappa shape index (κ2) is 4.77. The van der Waals surface area contributed by atoms with Crippen molar-refractivity contribution in [2.75, 3.05) is 7.05 Å². The molecule has 1 unspecified atom stereocenters. The molecule has 1 aromatic heterocycles. The largest absolute Gasteiger partial charge is 0.366 e. The zero-order valence-corrected chi connectivity index (χ0v) is 8.56. The van der Waals surface area contributed by atoms with Gasteiger partial charge in [-0.05, 0) is 31.3 Å². The minimum absolute atomic E-state index is 0.140. The molecule has 1 rings (SSSR count). The number of nitrogens with one attached hydrogen (secondary N) is 2. The van der Waals surface area contributed by atoms with Crippen LogP contribution in [0.5, 0.6) is 0 Å².